The number of thioether (sulfide) groups is 1. The van der Waals surface area contributed by atoms with Gasteiger partial charge in [-0.15, -0.1) is 11.8 Å². The predicted octanol–water partition coefficient (Wildman–Crippen LogP) is 1.67. The number of nitrogens with two attached hydrogens (primary N) is 1. The average molecular weight is 225 g/mol. The molecule has 0 fully saturated rings. The van der Waals surface area contributed by atoms with Crippen molar-refractivity contribution in [1.82, 2.24) is 0 Å². The van der Waals surface area contributed by atoms with Gasteiger partial charge in [-0.1, -0.05) is 18.2 Å². The normalized spacial score (nSPS) is 12.3. The molecule has 0 bridgehead atoms. The summed E-state index contributed by atoms with van der Waals surface area (Å²) in [7, 11) is 1.50. The molecule has 4 heteroatoms. The lowest BCUT2D eigenvalue weighted by Crippen LogP contribution is -2.30. The Morgan fingerprint density at radius 1 is 1.47 bits per heavy atom. The molecule has 15 heavy (non-hydrogen) atoms. The standard InChI is InChI=1S/C11H15NO2S/c1-14-10(11(12)13)7-8-15-9-5-3-2-4-6-9/h2-6,10H,7-8H2,1H3,(H2,12,13). The SMILES string of the molecule is COC(CCSc1ccccc1)C(N)=O. The molecule has 1 unspecified atom stereocenters. The molecule has 1 aromatic carbocycles. The zero-order valence-electron chi connectivity index (χ0n) is 8.68. The van der Waals surface area contributed by atoms with Crippen molar-refractivity contribution in [3.8, 4) is 0 Å². The van der Waals surface area contributed by atoms with E-state index >= 15 is 0 Å². The van der Waals surface area contributed by atoms with Crippen LogP contribution in [-0.4, -0.2) is 24.9 Å². The van der Waals surface area contributed by atoms with Crippen LogP contribution in [-0.2, 0) is 9.53 Å². The molecule has 0 aliphatic rings. The van der Waals surface area contributed by atoms with Gasteiger partial charge in [0, 0.05) is 17.8 Å². The summed E-state index contributed by atoms with van der Waals surface area (Å²) in [6.07, 6.45) is 0.173. The third-order valence-electron chi connectivity index (χ3n) is 1.99. The van der Waals surface area contributed by atoms with Crippen molar-refractivity contribution in [2.24, 2.45) is 5.73 Å². The number of hydrogen-bond acceptors (Lipinski definition) is 3. The van der Waals surface area contributed by atoms with Crippen molar-refractivity contribution in [2.45, 2.75) is 17.4 Å². The largest absolute Gasteiger partial charge is 0.372 e. The van der Waals surface area contributed by atoms with Gasteiger partial charge in [0.25, 0.3) is 0 Å². The maximum atomic E-state index is 10.9. The smallest absolute Gasteiger partial charge is 0.246 e. The van der Waals surface area contributed by atoms with Gasteiger partial charge in [-0.05, 0) is 18.6 Å². The van der Waals surface area contributed by atoms with Crippen LogP contribution in [0.25, 0.3) is 0 Å². The van der Waals surface area contributed by atoms with Gasteiger partial charge < -0.3 is 10.5 Å². The van der Waals surface area contributed by atoms with Crippen molar-refractivity contribution in [1.29, 1.82) is 0 Å². The van der Waals surface area contributed by atoms with Gasteiger partial charge in [0.2, 0.25) is 5.91 Å². The fourth-order valence-corrected chi connectivity index (χ4v) is 2.09. The number of ether oxygens (including phenoxy) is 1. The number of primary amides is 1. The number of hydrogen-bond donors (Lipinski definition) is 1. The third kappa shape index (κ3) is 4.36. The summed E-state index contributed by atoms with van der Waals surface area (Å²) < 4.78 is 4.96. The summed E-state index contributed by atoms with van der Waals surface area (Å²) >= 11 is 1.69. The highest BCUT2D eigenvalue weighted by atomic mass is 32.2. The van der Waals surface area contributed by atoms with Gasteiger partial charge in [0.05, 0.1) is 0 Å². The maximum Gasteiger partial charge on any atom is 0.246 e. The molecule has 1 atom stereocenters. The van der Waals surface area contributed by atoms with E-state index in [2.05, 4.69) is 0 Å². The Bertz CT molecular complexity index is 303. The Morgan fingerprint density at radius 2 is 2.13 bits per heavy atom. The van der Waals surface area contributed by atoms with E-state index in [0.29, 0.717) is 6.42 Å². The highest BCUT2D eigenvalue weighted by Crippen LogP contribution is 2.18. The number of methoxy groups -OCH3 is 1. The summed E-state index contributed by atoms with van der Waals surface area (Å²) in [5, 5.41) is 0. The van der Waals surface area contributed by atoms with E-state index in [1.54, 1.807) is 11.8 Å². The summed E-state index contributed by atoms with van der Waals surface area (Å²) in [6, 6.07) is 10.0. The van der Waals surface area contributed by atoms with Crippen LogP contribution < -0.4 is 5.73 Å². The van der Waals surface area contributed by atoms with E-state index < -0.39 is 12.0 Å². The molecular formula is C11H15NO2S. The van der Waals surface area contributed by atoms with E-state index in [1.165, 1.54) is 12.0 Å². The second kappa shape index (κ2) is 6.48. The molecular weight excluding hydrogens is 210 g/mol. The molecule has 1 aromatic rings. The lowest BCUT2D eigenvalue weighted by atomic mass is 10.3. The van der Waals surface area contributed by atoms with Crippen LogP contribution in [0.3, 0.4) is 0 Å². The van der Waals surface area contributed by atoms with Crippen LogP contribution in [0.4, 0.5) is 0 Å². The van der Waals surface area contributed by atoms with E-state index in [1.807, 2.05) is 30.3 Å². The number of carbonyl (C=O) groups is 1. The van der Waals surface area contributed by atoms with Crippen LogP contribution >= 0.6 is 11.8 Å². The minimum Gasteiger partial charge on any atom is -0.372 e. The van der Waals surface area contributed by atoms with Crippen LogP contribution in [0, 0.1) is 0 Å². The zero-order chi connectivity index (χ0) is 11.1. The molecule has 0 radical (unpaired) electrons. The predicted molar refractivity (Wildman–Crippen MR) is 61.8 cm³/mol. The van der Waals surface area contributed by atoms with E-state index in [9.17, 15) is 4.79 Å². The molecule has 2 N–H and O–H groups in total. The zero-order valence-corrected chi connectivity index (χ0v) is 9.50. The van der Waals surface area contributed by atoms with Crippen molar-refractivity contribution >= 4 is 17.7 Å². The second-order valence-corrected chi connectivity index (χ2v) is 4.25. The highest BCUT2D eigenvalue weighted by Gasteiger charge is 2.13. The topological polar surface area (TPSA) is 52.3 Å². The molecule has 0 spiro atoms. The molecule has 82 valence electrons. The molecule has 0 aliphatic heterocycles. The Morgan fingerprint density at radius 3 is 2.67 bits per heavy atom. The van der Waals surface area contributed by atoms with Gasteiger partial charge in [-0.25, -0.2) is 0 Å². The van der Waals surface area contributed by atoms with E-state index in [0.717, 1.165) is 5.75 Å². The first-order chi connectivity index (χ1) is 7.24. The van der Waals surface area contributed by atoms with Gasteiger partial charge in [0.1, 0.15) is 6.10 Å². The van der Waals surface area contributed by atoms with Crippen LogP contribution in [0.5, 0.6) is 0 Å². The van der Waals surface area contributed by atoms with Crippen molar-refractivity contribution in [3.63, 3.8) is 0 Å². The molecule has 0 aromatic heterocycles. The number of carbonyl (C=O) groups excluding carboxylic acids is 1. The van der Waals surface area contributed by atoms with Crippen LogP contribution in [0.15, 0.2) is 35.2 Å². The quantitative estimate of drug-likeness (QED) is 0.749. The van der Waals surface area contributed by atoms with Gasteiger partial charge in [-0.3, -0.25) is 4.79 Å². The molecule has 0 heterocycles. The Hall–Kier alpha value is -1.00. The lowest BCUT2D eigenvalue weighted by Gasteiger charge is -2.10. The first-order valence-electron chi connectivity index (χ1n) is 4.74. The number of rotatable bonds is 6. The fourth-order valence-electron chi connectivity index (χ4n) is 1.18. The molecule has 0 saturated carbocycles. The fraction of sp³-hybridized carbons (Fsp3) is 0.364. The first-order valence-corrected chi connectivity index (χ1v) is 5.72. The van der Waals surface area contributed by atoms with Crippen LogP contribution in [0.1, 0.15) is 6.42 Å². The van der Waals surface area contributed by atoms with Gasteiger partial charge in [0.15, 0.2) is 0 Å². The molecule has 0 saturated heterocycles. The minimum atomic E-state index is -0.471. The van der Waals surface area contributed by atoms with Gasteiger partial charge in [-0.2, -0.15) is 0 Å². The molecule has 0 aliphatic carbocycles. The summed E-state index contributed by atoms with van der Waals surface area (Å²) in [6.45, 7) is 0. The second-order valence-electron chi connectivity index (χ2n) is 3.08. The third-order valence-corrected chi connectivity index (χ3v) is 3.04. The minimum absolute atomic E-state index is 0.397. The summed E-state index contributed by atoms with van der Waals surface area (Å²) in [5.74, 6) is 0.428. The van der Waals surface area contributed by atoms with Crippen molar-refractivity contribution < 1.29 is 9.53 Å². The van der Waals surface area contributed by atoms with Crippen LogP contribution in [0.2, 0.25) is 0 Å². The molecule has 1 rings (SSSR count). The lowest BCUT2D eigenvalue weighted by molar-refractivity contribution is -0.127. The van der Waals surface area contributed by atoms with E-state index in [4.69, 9.17) is 10.5 Å². The summed E-state index contributed by atoms with van der Waals surface area (Å²) in [4.78, 5) is 12.1. The van der Waals surface area contributed by atoms with E-state index in [-0.39, 0.29) is 0 Å². The maximum absolute atomic E-state index is 10.9. The Labute approximate surface area is 94.0 Å². The highest BCUT2D eigenvalue weighted by molar-refractivity contribution is 7.99. The first kappa shape index (κ1) is 12.1. The Balaban J connectivity index is 2.30. The van der Waals surface area contributed by atoms with Gasteiger partial charge >= 0.3 is 0 Å². The van der Waals surface area contributed by atoms with Crippen molar-refractivity contribution in [2.75, 3.05) is 12.9 Å². The van der Waals surface area contributed by atoms with Crippen molar-refractivity contribution in [3.05, 3.63) is 30.3 Å². The molecule has 3 nitrogen and oxygen atoms in total. The number of benzene rings is 1. The number of amides is 1. The monoisotopic (exact) mass is 225 g/mol. The average Bonchev–Trinajstić information content (AvgIpc) is 2.25. The molecule has 1 amide bonds. The summed E-state index contributed by atoms with van der Waals surface area (Å²) in [5.41, 5.74) is 5.15. The Kier molecular flexibility index (Phi) is 5.21.